The van der Waals surface area contributed by atoms with E-state index in [0.717, 1.165) is 12.1 Å². The van der Waals surface area contributed by atoms with E-state index < -0.39 is 23.3 Å². The molecule has 8 nitrogen and oxygen atoms in total. The molecule has 1 saturated heterocycles. The predicted octanol–water partition coefficient (Wildman–Crippen LogP) is 4.67. The average Bonchev–Trinajstić information content (AvgIpc) is 3.36. The molecule has 3 aromatic rings. The first-order valence-corrected chi connectivity index (χ1v) is 11.9. The fourth-order valence-electron chi connectivity index (χ4n) is 4.09. The molecule has 1 aliphatic rings. The van der Waals surface area contributed by atoms with Crippen LogP contribution < -0.4 is 9.64 Å². The number of carbonyl (C=O) groups is 1. The molecule has 4 rings (SSSR count). The van der Waals surface area contributed by atoms with E-state index in [4.69, 9.17) is 0 Å². The topological polar surface area (TPSA) is 76.4 Å². The van der Waals surface area contributed by atoms with Gasteiger partial charge >= 0.3 is 12.5 Å². The van der Waals surface area contributed by atoms with Crippen LogP contribution in [0.5, 0.6) is 5.75 Å². The molecule has 0 spiro atoms. The molecule has 15 heteroatoms. The van der Waals surface area contributed by atoms with Gasteiger partial charge in [-0.2, -0.15) is 18.3 Å². The van der Waals surface area contributed by atoms with Crippen molar-refractivity contribution >= 4 is 22.2 Å². The molecule has 200 valence electrons. The Morgan fingerprint density at radius 3 is 2.30 bits per heavy atom. The van der Waals surface area contributed by atoms with Gasteiger partial charge < -0.3 is 14.5 Å². The lowest BCUT2D eigenvalue weighted by atomic mass is 10.1. The van der Waals surface area contributed by atoms with Gasteiger partial charge in [0.15, 0.2) is 0 Å². The number of aromatic nitrogens is 4. The molecule has 0 N–H and O–H groups in total. The molecule has 1 aliphatic heterocycles. The summed E-state index contributed by atoms with van der Waals surface area (Å²) in [7, 11) is 0. The van der Waals surface area contributed by atoms with E-state index in [1.54, 1.807) is 30.6 Å². The van der Waals surface area contributed by atoms with Crippen LogP contribution in [0.25, 0.3) is 11.3 Å². The Morgan fingerprint density at radius 2 is 1.76 bits per heavy atom. The number of piperazine rings is 1. The van der Waals surface area contributed by atoms with Gasteiger partial charge in [0, 0.05) is 31.2 Å². The summed E-state index contributed by atoms with van der Waals surface area (Å²) in [6.45, 7) is 5.97. The van der Waals surface area contributed by atoms with Crippen LogP contribution in [-0.2, 0) is 17.5 Å². The number of hydrogen-bond acceptors (Lipinski definition) is 7. The highest BCUT2D eigenvalue weighted by molar-refractivity contribution is 7.16. The minimum absolute atomic E-state index is 0.00317. The Labute approximate surface area is 211 Å². The van der Waals surface area contributed by atoms with Gasteiger partial charge in [0.2, 0.25) is 10.9 Å². The van der Waals surface area contributed by atoms with E-state index >= 15 is 0 Å². The summed E-state index contributed by atoms with van der Waals surface area (Å²) in [5.74, 6) is 0.445. The fraction of sp³-hybridized carbons (Fsp3) is 0.455. The first-order chi connectivity index (χ1) is 17.2. The molecular weight excluding hydrogens is 526 g/mol. The molecule has 1 atom stereocenters. The molecule has 0 bridgehead atoms. The van der Waals surface area contributed by atoms with E-state index in [9.17, 15) is 31.1 Å². The van der Waals surface area contributed by atoms with Crippen molar-refractivity contribution in [1.29, 1.82) is 0 Å². The van der Waals surface area contributed by atoms with E-state index in [1.165, 1.54) is 16.8 Å². The second-order valence-electron chi connectivity index (χ2n) is 8.49. The number of thiazole rings is 1. The average molecular weight is 549 g/mol. The number of carbonyl (C=O) groups excluding carboxylic acids is 1. The molecule has 0 saturated carbocycles. The van der Waals surface area contributed by atoms with Gasteiger partial charge in [-0.1, -0.05) is 11.3 Å². The number of halogens is 6. The summed E-state index contributed by atoms with van der Waals surface area (Å²) in [5, 5.41) is 3.34. The standard InChI is InChI=1S/C22H22F6N6O2S/c1-12-10-32(8-9-33(12)17(35)11-34-14(3)29-13(2)31-34)19-18(30-20(37-19)21(23,24)25)15-4-6-16(7-5-15)36-22(26,27)28/h4-7,12H,8-11H2,1-3H3. The Kier molecular flexibility index (Phi) is 7.10. The van der Waals surface area contributed by atoms with Crippen LogP contribution in [0.1, 0.15) is 23.6 Å². The van der Waals surface area contributed by atoms with Gasteiger partial charge in [0.25, 0.3) is 0 Å². The smallest absolute Gasteiger partial charge is 0.406 e. The Morgan fingerprint density at radius 1 is 1.08 bits per heavy atom. The van der Waals surface area contributed by atoms with Crippen molar-refractivity contribution in [3.63, 3.8) is 0 Å². The zero-order chi connectivity index (χ0) is 27.1. The second-order valence-corrected chi connectivity index (χ2v) is 9.47. The Bertz CT molecular complexity index is 1270. The first kappa shape index (κ1) is 26.7. The quantitative estimate of drug-likeness (QED) is 0.432. The number of alkyl halides is 6. The lowest BCUT2D eigenvalue weighted by Crippen LogP contribution is -2.54. The second kappa shape index (κ2) is 9.84. The lowest BCUT2D eigenvalue weighted by molar-refractivity contribution is -0.274. The Balaban J connectivity index is 1.55. The SMILES string of the molecule is Cc1nc(C)n(CC(=O)N2CCN(c3sc(C(F)(F)F)nc3-c3ccc(OC(F)(F)F)cc3)CC2C)n1. The van der Waals surface area contributed by atoms with Crippen LogP contribution in [0.15, 0.2) is 24.3 Å². The van der Waals surface area contributed by atoms with Crippen molar-refractivity contribution in [2.45, 2.75) is 45.9 Å². The summed E-state index contributed by atoms with van der Waals surface area (Å²) in [6.07, 6.45) is -9.59. The zero-order valence-electron chi connectivity index (χ0n) is 19.9. The van der Waals surface area contributed by atoms with Crippen molar-refractivity contribution in [2.75, 3.05) is 24.5 Å². The maximum atomic E-state index is 13.5. The largest absolute Gasteiger partial charge is 0.573 e. The van der Waals surface area contributed by atoms with Crippen molar-refractivity contribution in [3.8, 4) is 17.0 Å². The summed E-state index contributed by atoms with van der Waals surface area (Å²) >= 11 is 0.454. The zero-order valence-corrected chi connectivity index (χ0v) is 20.7. The molecule has 3 heterocycles. The van der Waals surface area contributed by atoms with E-state index in [1.807, 2.05) is 0 Å². The van der Waals surface area contributed by atoms with Gasteiger partial charge in [-0.05, 0) is 45.0 Å². The maximum absolute atomic E-state index is 13.5. The van der Waals surface area contributed by atoms with Crippen LogP contribution in [0.3, 0.4) is 0 Å². The molecule has 1 fully saturated rings. The number of rotatable bonds is 5. The third-order valence-corrected chi connectivity index (χ3v) is 6.86. The molecular formula is C22H22F6N6O2S. The number of ether oxygens (including phenoxy) is 1. The summed E-state index contributed by atoms with van der Waals surface area (Å²) in [4.78, 5) is 24.2. The molecule has 0 radical (unpaired) electrons. The van der Waals surface area contributed by atoms with Crippen molar-refractivity contribution in [3.05, 3.63) is 40.9 Å². The third-order valence-electron chi connectivity index (χ3n) is 5.70. The highest BCUT2D eigenvalue weighted by Crippen LogP contribution is 2.43. The molecule has 2 aromatic heterocycles. The van der Waals surface area contributed by atoms with Crippen LogP contribution in [0.2, 0.25) is 0 Å². The normalized spacial score (nSPS) is 16.8. The third kappa shape index (κ3) is 6.14. The van der Waals surface area contributed by atoms with Crippen molar-refractivity contribution < 1.29 is 35.9 Å². The van der Waals surface area contributed by atoms with Gasteiger partial charge in [-0.3, -0.25) is 4.79 Å². The summed E-state index contributed by atoms with van der Waals surface area (Å²) < 4.78 is 83.3. The number of benzene rings is 1. The van der Waals surface area contributed by atoms with E-state index in [0.29, 0.717) is 23.0 Å². The number of amides is 1. The van der Waals surface area contributed by atoms with Crippen molar-refractivity contribution in [1.82, 2.24) is 24.6 Å². The fourth-order valence-corrected chi connectivity index (χ4v) is 5.08. The van der Waals surface area contributed by atoms with E-state index in [-0.39, 0.29) is 54.4 Å². The van der Waals surface area contributed by atoms with Gasteiger partial charge in [-0.25, -0.2) is 14.6 Å². The first-order valence-electron chi connectivity index (χ1n) is 11.1. The minimum atomic E-state index is -4.89. The number of aryl methyl sites for hydroxylation is 2. The van der Waals surface area contributed by atoms with Gasteiger partial charge in [0.1, 0.15) is 34.6 Å². The monoisotopic (exact) mass is 548 g/mol. The maximum Gasteiger partial charge on any atom is 0.573 e. The summed E-state index contributed by atoms with van der Waals surface area (Å²) in [6, 6.07) is 4.16. The van der Waals surface area contributed by atoms with Gasteiger partial charge in [-0.15, -0.1) is 13.2 Å². The molecule has 1 aromatic carbocycles. The molecule has 1 amide bonds. The van der Waals surface area contributed by atoms with E-state index in [2.05, 4.69) is 19.8 Å². The van der Waals surface area contributed by atoms with Crippen LogP contribution >= 0.6 is 11.3 Å². The van der Waals surface area contributed by atoms with Crippen molar-refractivity contribution in [2.24, 2.45) is 0 Å². The van der Waals surface area contributed by atoms with Crippen LogP contribution in [-0.4, -0.2) is 62.6 Å². The molecule has 1 unspecified atom stereocenters. The summed E-state index contributed by atoms with van der Waals surface area (Å²) in [5.41, 5.74) is 0.205. The van der Waals surface area contributed by atoms with Gasteiger partial charge in [0.05, 0.1) is 0 Å². The van der Waals surface area contributed by atoms with Crippen LogP contribution in [0, 0.1) is 13.8 Å². The number of hydrogen-bond donors (Lipinski definition) is 0. The van der Waals surface area contributed by atoms with Crippen LogP contribution in [0.4, 0.5) is 31.3 Å². The molecule has 0 aliphatic carbocycles. The lowest BCUT2D eigenvalue weighted by Gasteiger charge is -2.40. The predicted molar refractivity (Wildman–Crippen MR) is 122 cm³/mol. The number of anilines is 1. The number of nitrogens with zero attached hydrogens (tertiary/aromatic N) is 6. The molecule has 37 heavy (non-hydrogen) atoms. The highest BCUT2D eigenvalue weighted by Gasteiger charge is 2.38. The Hall–Kier alpha value is -3.36. The highest BCUT2D eigenvalue weighted by atomic mass is 32.1. The minimum Gasteiger partial charge on any atom is -0.406 e.